The lowest BCUT2D eigenvalue weighted by Gasteiger charge is -2.46. The van der Waals surface area contributed by atoms with Gasteiger partial charge in [0.1, 0.15) is 18.3 Å². The van der Waals surface area contributed by atoms with Gasteiger partial charge in [-0.1, -0.05) is 98.9 Å². The maximum Gasteiger partial charge on any atom is 0.308 e. The first-order chi connectivity index (χ1) is 35.4. The van der Waals surface area contributed by atoms with E-state index in [1.54, 1.807) is 68.5 Å². The van der Waals surface area contributed by atoms with E-state index in [1.807, 2.05) is 56.3 Å². The third-order valence-electron chi connectivity index (χ3n) is 13.5. The van der Waals surface area contributed by atoms with Gasteiger partial charge in [-0.3, -0.25) is 14.4 Å². The second kappa shape index (κ2) is 33.3. The Morgan fingerprint density at radius 3 is 1.92 bits per heavy atom. The number of nitrogens with one attached hydrogen (secondary N) is 2. The molecule has 2 fully saturated rings. The number of aliphatic hydroxyl groups is 10. The van der Waals surface area contributed by atoms with Gasteiger partial charge in [-0.2, -0.15) is 0 Å². The third kappa shape index (κ3) is 23.2. The number of esters is 1. The fraction of sp³-hybridized carbons (Fsp3) is 0.685. The van der Waals surface area contributed by atoms with Gasteiger partial charge in [0.15, 0.2) is 12.1 Å². The molecule has 0 aliphatic carbocycles. The average Bonchev–Trinajstić information content (AvgIpc) is 3.32. The lowest BCUT2D eigenvalue weighted by atomic mass is 9.82. The van der Waals surface area contributed by atoms with Crippen molar-refractivity contribution in [3.63, 3.8) is 0 Å². The number of amides is 2. The normalized spacial score (nSPS) is 41.0. The van der Waals surface area contributed by atoms with E-state index in [0.29, 0.717) is 6.54 Å². The van der Waals surface area contributed by atoms with Gasteiger partial charge in [-0.25, -0.2) is 0 Å². The molecule has 21 heteroatoms. The Morgan fingerprint density at radius 1 is 0.720 bits per heavy atom. The molecule has 3 aliphatic heterocycles. The van der Waals surface area contributed by atoms with Crippen molar-refractivity contribution in [2.75, 3.05) is 33.7 Å². The van der Waals surface area contributed by atoms with Crippen LogP contribution in [0.15, 0.2) is 85.1 Å². The highest BCUT2D eigenvalue weighted by Gasteiger charge is 2.51. The summed E-state index contributed by atoms with van der Waals surface area (Å²) < 4.78 is 24.0. The Balaban J connectivity index is 1.98. The molecule has 75 heavy (non-hydrogen) atoms. The van der Waals surface area contributed by atoms with Crippen LogP contribution >= 0.6 is 0 Å². The van der Waals surface area contributed by atoms with Crippen molar-refractivity contribution >= 4 is 17.8 Å². The second-order valence-corrected chi connectivity index (χ2v) is 20.4. The minimum absolute atomic E-state index is 0.0183. The van der Waals surface area contributed by atoms with Gasteiger partial charge in [0.2, 0.25) is 11.8 Å². The van der Waals surface area contributed by atoms with Crippen LogP contribution in [0.1, 0.15) is 85.5 Å². The lowest BCUT2D eigenvalue weighted by Crippen LogP contribution is -2.64. The van der Waals surface area contributed by atoms with Crippen molar-refractivity contribution in [1.29, 1.82) is 0 Å². The number of carbonyl (C=O) groups excluding carboxylic acids is 3. The van der Waals surface area contributed by atoms with E-state index in [1.165, 1.54) is 6.92 Å². The van der Waals surface area contributed by atoms with Gasteiger partial charge in [0, 0.05) is 63.6 Å². The van der Waals surface area contributed by atoms with Gasteiger partial charge >= 0.3 is 5.97 Å². The number of carbonyl (C=O) groups is 3. The van der Waals surface area contributed by atoms with Crippen LogP contribution < -0.4 is 16.4 Å². The smallest absolute Gasteiger partial charge is 0.308 e. The summed E-state index contributed by atoms with van der Waals surface area (Å²) in [6.07, 6.45) is 3.53. The molecule has 14 N–H and O–H groups in total. The van der Waals surface area contributed by atoms with E-state index in [-0.39, 0.29) is 51.1 Å². The number of nitrogens with two attached hydrogens (primary N) is 1. The van der Waals surface area contributed by atoms with Crippen LogP contribution in [0, 0.1) is 17.8 Å². The number of allylic oxidation sites excluding steroid dienone is 12. The summed E-state index contributed by atoms with van der Waals surface area (Å²) in [4.78, 5) is 41.0. The van der Waals surface area contributed by atoms with Crippen LogP contribution in [0.25, 0.3) is 0 Å². The van der Waals surface area contributed by atoms with Crippen molar-refractivity contribution in [3.05, 3.63) is 85.1 Å². The van der Waals surface area contributed by atoms with Crippen LogP contribution in [-0.4, -0.2) is 205 Å². The molecule has 3 rings (SSSR count). The Bertz CT molecular complexity index is 1930. The van der Waals surface area contributed by atoms with E-state index in [9.17, 15) is 65.4 Å². The molecule has 0 unspecified atom stereocenters. The zero-order valence-corrected chi connectivity index (χ0v) is 44.3. The molecule has 0 aromatic heterocycles. The zero-order valence-electron chi connectivity index (χ0n) is 44.3. The summed E-state index contributed by atoms with van der Waals surface area (Å²) in [5.74, 6) is -6.23. The molecule has 3 heterocycles. The highest BCUT2D eigenvalue weighted by molar-refractivity contribution is 5.80. The van der Waals surface area contributed by atoms with Crippen LogP contribution in [-0.2, 0) is 33.3 Å². The van der Waals surface area contributed by atoms with Gasteiger partial charge < -0.3 is 91.3 Å². The summed E-state index contributed by atoms with van der Waals surface area (Å²) in [5.41, 5.74) is 5.56. The van der Waals surface area contributed by atoms with Crippen molar-refractivity contribution in [2.24, 2.45) is 23.5 Å². The fourth-order valence-corrected chi connectivity index (χ4v) is 9.04. The molecule has 0 aromatic rings. The minimum atomic E-state index is -2.31. The summed E-state index contributed by atoms with van der Waals surface area (Å²) in [7, 11) is 3.63. The number of hydrogen-bond donors (Lipinski definition) is 13. The predicted octanol–water partition coefficient (Wildman–Crippen LogP) is -0.189. The molecule has 19 atom stereocenters. The number of cyclic esters (lactones) is 1. The maximum atomic E-state index is 13.9. The number of likely N-dealkylation sites (N-methyl/N-ethyl adjacent to an activating group) is 1. The number of fused-ring (bicyclic) bond motifs is 2. The van der Waals surface area contributed by atoms with Gasteiger partial charge in [0.25, 0.3) is 0 Å². The summed E-state index contributed by atoms with van der Waals surface area (Å²) in [6.45, 7) is 7.41. The molecule has 2 amide bonds. The summed E-state index contributed by atoms with van der Waals surface area (Å²) in [6, 6.07) is -1.23. The largest absolute Gasteiger partial charge is 0.462 e. The number of hydrogen-bond acceptors (Lipinski definition) is 19. The molecule has 21 nitrogen and oxygen atoms in total. The molecule has 426 valence electrons. The van der Waals surface area contributed by atoms with Crippen LogP contribution in [0.2, 0.25) is 0 Å². The Kier molecular flexibility index (Phi) is 29.0. The van der Waals surface area contributed by atoms with E-state index >= 15 is 0 Å². The summed E-state index contributed by atoms with van der Waals surface area (Å²) in [5, 5.41) is 117. The molecule has 0 aromatic carbocycles. The van der Waals surface area contributed by atoms with Crippen LogP contribution in [0.4, 0.5) is 0 Å². The number of nitrogens with zero attached hydrogens (tertiary/aromatic N) is 1. The van der Waals surface area contributed by atoms with Crippen molar-refractivity contribution in [2.45, 2.75) is 183 Å². The first-order valence-electron chi connectivity index (χ1n) is 26.1. The SMILES string of the molecule is C[C@@H]1[C@H](O)[C@@H](C)\C=C/C=C\C=C/C=C\C=C/C=C\C=C\[C@H](O[C@@H]2O[C@H](C)[C@@H](O)[C@H](NC(=O)CCN)[C@@H]2O)C[C@@H]2O[C@](O)(C[C@@H](O)C[C@@H](O)[C@H](O)CC[C@@H](O)C[C@@H](O)CC(=O)O[C@H]1C)C[C@H](O)[C@H]2C(=O)NCCN(C)C. The molecule has 3 aliphatic rings. The van der Waals surface area contributed by atoms with Crippen molar-refractivity contribution in [1.82, 2.24) is 15.5 Å². The minimum Gasteiger partial charge on any atom is -0.462 e. The Hall–Kier alpha value is -4.01. The van der Waals surface area contributed by atoms with E-state index < -0.39 is 153 Å². The first kappa shape index (κ1) is 65.3. The van der Waals surface area contributed by atoms with Crippen LogP contribution in [0.3, 0.4) is 0 Å². The topological polar surface area (TPSA) is 344 Å². The maximum absolute atomic E-state index is 13.9. The van der Waals surface area contributed by atoms with E-state index in [2.05, 4.69) is 10.6 Å². The molecule has 0 spiro atoms. The number of ether oxygens (including phenoxy) is 4. The predicted molar refractivity (Wildman–Crippen MR) is 279 cm³/mol. The standard InChI is InChI=1S/C54H88N4O17/c1-33-19-17-15-13-11-9-7-8-10-12-14-16-18-20-40(74-53-51(69)48(50(68)36(4)73-53)57-45(65)23-24-55)30-44-47(52(70)56-25-26-58(5)6)43(64)32-54(71,75-44)31-39(61)28-42(63)41(62)22-21-37(59)27-38(60)29-46(66)72-35(3)34(2)49(33)67/h7-20,33-44,47-51,53,59-64,67-69,71H,21-32,55H2,1-6H3,(H,56,70)(H,57,65)/b8-7-,11-9-,12-10-,15-13-,16-14-,19-17-,20-18+/t33-,34-,35-,36+,37+,38+,39-,40-,41+,42+,43-,44-,47+,48-,49+,50+,51-,53-,54+/m0/s1. The van der Waals surface area contributed by atoms with Crippen molar-refractivity contribution in [3.8, 4) is 0 Å². The molecular formula is C54H88N4O17. The fourth-order valence-electron chi connectivity index (χ4n) is 9.04. The van der Waals surface area contributed by atoms with Gasteiger partial charge in [0.05, 0.1) is 79.4 Å². The van der Waals surface area contributed by atoms with E-state index in [0.717, 1.165) is 0 Å². The monoisotopic (exact) mass is 1060 g/mol. The molecule has 2 bridgehead atoms. The van der Waals surface area contributed by atoms with E-state index in [4.69, 9.17) is 24.7 Å². The van der Waals surface area contributed by atoms with Crippen molar-refractivity contribution < 1.29 is 84.4 Å². The number of rotatable bonds is 9. The molecular weight excluding hydrogens is 977 g/mol. The van der Waals surface area contributed by atoms with Gasteiger partial charge in [-0.05, 0) is 47.2 Å². The molecule has 0 radical (unpaired) electrons. The average molecular weight is 1070 g/mol. The zero-order chi connectivity index (χ0) is 55.8. The lowest BCUT2D eigenvalue weighted by molar-refractivity contribution is -0.307. The van der Waals surface area contributed by atoms with Crippen LogP contribution in [0.5, 0.6) is 0 Å². The Labute approximate surface area is 441 Å². The third-order valence-corrected chi connectivity index (χ3v) is 13.5. The van der Waals surface area contributed by atoms with Gasteiger partial charge in [-0.15, -0.1) is 0 Å². The quantitative estimate of drug-likeness (QED) is 0.133. The second-order valence-electron chi connectivity index (χ2n) is 20.4. The highest BCUT2D eigenvalue weighted by atomic mass is 16.7. The molecule has 0 saturated carbocycles. The molecule has 2 saturated heterocycles. The first-order valence-corrected chi connectivity index (χ1v) is 26.1. The summed E-state index contributed by atoms with van der Waals surface area (Å²) >= 11 is 0. The number of aliphatic hydroxyl groups excluding tert-OH is 9. The highest BCUT2D eigenvalue weighted by Crippen LogP contribution is 2.38. The Morgan fingerprint density at radius 2 is 1.32 bits per heavy atom.